The number of nitrogens with zero attached hydrogens (tertiary/aromatic N) is 1. The van der Waals surface area contributed by atoms with Crippen LogP contribution in [0.15, 0.2) is 96.2 Å². The molecule has 0 spiro atoms. The average Bonchev–Trinajstić information content (AvgIpc) is 3.24. The summed E-state index contributed by atoms with van der Waals surface area (Å²) in [4.78, 5) is 87.4. The molecule has 2 heterocycles. The topological polar surface area (TPSA) is 234 Å². The number of ketones is 1. The number of hydrogen-bond donors (Lipinski definition) is 4. The van der Waals surface area contributed by atoms with E-state index in [1.165, 1.54) is 38.2 Å². The molecule has 16 nitrogen and oxygen atoms in total. The number of pyridine rings is 1. The van der Waals surface area contributed by atoms with Crippen molar-refractivity contribution in [2.24, 2.45) is 16.7 Å². The molecular weight excluding hydrogens is 805 g/mol. The SMILES string of the molecule is CC(=O)O[C@H]1C(=O)[C@@]2(C)C([C@H](OC(=O)c3ccccc3)[C@]3(O)C[C@H](OC(=O)[C@H](O)[C@@H](NC(=O)c4ccccn4)c4ccccc4)C(C)=C1C3(C)C)[C@]1(OC(C)=O)CO[C@@H]1C[C@@H]2O. The van der Waals surface area contributed by atoms with E-state index in [2.05, 4.69) is 10.3 Å². The molecule has 1 saturated heterocycles. The van der Waals surface area contributed by atoms with E-state index in [0.717, 1.165) is 13.8 Å². The summed E-state index contributed by atoms with van der Waals surface area (Å²) in [6.07, 6.45) is -9.18. The number of aromatic nitrogens is 1. The van der Waals surface area contributed by atoms with Crippen LogP contribution in [0.1, 0.15) is 86.8 Å². The Morgan fingerprint density at radius 3 is 2.11 bits per heavy atom. The first-order valence-electron chi connectivity index (χ1n) is 20.3. The van der Waals surface area contributed by atoms with Gasteiger partial charge in [0, 0.05) is 38.3 Å². The Hall–Kier alpha value is -5.81. The number of carbonyl (C=O) groups is 6. The number of amides is 1. The van der Waals surface area contributed by atoms with Crippen molar-refractivity contribution in [3.8, 4) is 0 Å². The lowest BCUT2D eigenvalue weighted by Gasteiger charge is -2.67. The molecular formula is C46H50N2O14. The molecule has 1 aromatic heterocycles. The van der Waals surface area contributed by atoms with Crippen molar-refractivity contribution < 1.29 is 67.8 Å². The van der Waals surface area contributed by atoms with E-state index >= 15 is 4.79 Å². The van der Waals surface area contributed by atoms with Crippen LogP contribution in [-0.4, -0.2) is 110 Å². The summed E-state index contributed by atoms with van der Waals surface area (Å²) in [7, 11) is 0. The van der Waals surface area contributed by atoms with Gasteiger partial charge < -0.3 is 44.3 Å². The lowest BCUT2D eigenvalue weighted by molar-refractivity contribution is -0.346. The molecule has 4 N–H and O–H groups in total. The Labute approximate surface area is 357 Å². The molecule has 16 heteroatoms. The number of Topliss-reactive ketones (excluding diaryl/α,β-unsaturated/α-hetero) is 1. The maximum atomic E-state index is 15.5. The molecule has 62 heavy (non-hydrogen) atoms. The van der Waals surface area contributed by atoms with Gasteiger partial charge >= 0.3 is 23.9 Å². The third kappa shape index (κ3) is 7.27. The Bertz CT molecular complexity index is 2290. The third-order valence-corrected chi connectivity index (χ3v) is 13.3. The van der Waals surface area contributed by atoms with Crippen LogP contribution >= 0.6 is 0 Å². The zero-order chi connectivity index (χ0) is 44.9. The predicted molar refractivity (Wildman–Crippen MR) is 215 cm³/mol. The molecule has 4 aliphatic rings. The Balaban J connectivity index is 1.39. The number of ether oxygens (including phenoxy) is 5. The zero-order valence-electron chi connectivity index (χ0n) is 35.1. The van der Waals surface area contributed by atoms with E-state index in [-0.39, 0.29) is 35.4 Å². The van der Waals surface area contributed by atoms with Gasteiger partial charge in [-0.2, -0.15) is 0 Å². The minimum atomic E-state index is -2.40. The maximum absolute atomic E-state index is 15.5. The van der Waals surface area contributed by atoms with Crippen molar-refractivity contribution in [3.63, 3.8) is 0 Å². The molecule has 7 rings (SSSR count). The lowest BCUT2D eigenvalue weighted by Crippen LogP contribution is -2.82. The number of aliphatic hydroxyl groups is 3. The number of carbonyl (C=O) groups excluding carboxylic acids is 6. The van der Waals surface area contributed by atoms with Gasteiger partial charge in [-0.15, -0.1) is 0 Å². The van der Waals surface area contributed by atoms with Crippen LogP contribution in [0.4, 0.5) is 0 Å². The van der Waals surface area contributed by atoms with Gasteiger partial charge in [0.25, 0.3) is 5.91 Å². The van der Waals surface area contributed by atoms with Gasteiger partial charge in [-0.25, -0.2) is 9.59 Å². The average molecular weight is 855 g/mol. The molecule has 1 unspecified atom stereocenters. The fourth-order valence-electron chi connectivity index (χ4n) is 10.1. The highest BCUT2D eigenvalue weighted by atomic mass is 16.6. The molecule has 2 saturated carbocycles. The molecule has 2 aromatic carbocycles. The number of esters is 4. The molecule has 1 aliphatic heterocycles. The van der Waals surface area contributed by atoms with Crippen molar-refractivity contribution in [2.45, 2.75) is 108 Å². The first-order chi connectivity index (χ1) is 29.3. The summed E-state index contributed by atoms with van der Waals surface area (Å²) in [6, 6.07) is 19.3. The van der Waals surface area contributed by atoms with Crippen molar-refractivity contribution in [2.75, 3.05) is 6.61 Å². The van der Waals surface area contributed by atoms with Crippen molar-refractivity contribution in [1.82, 2.24) is 10.3 Å². The number of benzene rings is 2. The second-order valence-corrected chi connectivity index (χ2v) is 17.2. The van der Waals surface area contributed by atoms with Crippen molar-refractivity contribution >= 4 is 35.6 Å². The summed E-state index contributed by atoms with van der Waals surface area (Å²) in [5, 5.41) is 40.1. The molecule has 2 bridgehead atoms. The quantitative estimate of drug-likeness (QED) is 0.130. The standard InChI is InChI=1S/C46H50N2O14/c1-24-30(60-42(56)35(52)34(27-15-9-7-10-16-27)48-40(54)29-19-13-14-20-47-29)22-46(57)39(61-41(55)28-17-11-8-12-18-28)37-44(6,31(51)21-32-45(37,23-58-32)62-26(3)50)38(53)36(59-25(2)49)33(24)43(46,4)5/h7-20,30-32,34-37,39,51-52,57H,21-23H2,1-6H3,(H,48,54)/t30-,31-,32+,34-,35+,36+,37?,39-,44+,45-,46+/m0/s1. The highest BCUT2D eigenvalue weighted by Crippen LogP contribution is 2.64. The highest BCUT2D eigenvalue weighted by molar-refractivity contribution is 5.96. The van der Waals surface area contributed by atoms with Crippen LogP contribution in [-0.2, 0) is 42.9 Å². The smallest absolute Gasteiger partial charge is 0.338 e. The van der Waals surface area contributed by atoms with E-state index in [1.807, 2.05) is 0 Å². The summed E-state index contributed by atoms with van der Waals surface area (Å²) in [5.74, 6) is -7.00. The van der Waals surface area contributed by atoms with Gasteiger partial charge in [-0.3, -0.25) is 24.2 Å². The molecule has 3 fully saturated rings. The van der Waals surface area contributed by atoms with Gasteiger partial charge in [0.15, 0.2) is 23.6 Å². The minimum Gasteiger partial charge on any atom is -0.456 e. The molecule has 1 amide bonds. The van der Waals surface area contributed by atoms with Gasteiger partial charge in [-0.05, 0) is 54.8 Å². The fraction of sp³-hybridized carbons (Fsp3) is 0.457. The monoisotopic (exact) mass is 854 g/mol. The van der Waals surface area contributed by atoms with Crippen LogP contribution < -0.4 is 5.32 Å². The number of hydrogen-bond acceptors (Lipinski definition) is 15. The van der Waals surface area contributed by atoms with Crippen LogP contribution in [0.25, 0.3) is 0 Å². The van der Waals surface area contributed by atoms with Gasteiger partial charge in [0.2, 0.25) is 0 Å². The predicted octanol–water partition coefficient (Wildman–Crippen LogP) is 3.13. The van der Waals surface area contributed by atoms with E-state index in [1.54, 1.807) is 74.5 Å². The van der Waals surface area contributed by atoms with Gasteiger partial charge in [0.1, 0.15) is 29.6 Å². The summed E-state index contributed by atoms with van der Waals surface area (Å²) in [5.41, 5.74) is -7.34. The van der Waals surface area contributed by atoms with E-state index in [9.17, 15) is 39.3 Å². The molecule has 0 radical (unpaired) electrons. The van der Waals surface area contributed by atoms with Crippen LogP contribution in [0, 0.1) is 16.7 Å². The second kappa shape index (κ2) is 16.5. The zero-order valence-corrected chi connectivity index (χ0v) is 35.1. The summed E-state index contributed by atoms with van der Waals surface area (Å²) >= 11 is 0. The van der Waals surface area contributed by atoms with Crippen LogP contribution in [0.3, 0.4) is 0 Å². The molecule has 328 valence electrons. The number of rotatable bonds is 10. The number of nitrogens with one attached hydrogen (secondary N) is 1. The van der Waals surface area contributed by atoms with Crippen LogP contribution in [0.5, 0.6) is 0 Å². The third-order valence-electron chi connectivity index (χ3n) is 13.3. The Kier molecular flexibility index (Phi) is 11.8. The first kappa shape index (κ1) is 44.3. The molecule has 3 aromatic rings. The number of fused-ring (bicyclic) bond motifs is 5. The lowest BCUT2D eigenvalue weighted by atomic mass is 9.44. The maximum Gasteiger partial charge on any atom is 0.338 e. The van der Waals surface area contributed by atoms with Crippen molar-refractivity contribution in [3.05, 3.63) is 113 Å². The highest BCUT2D eigenvalue weighted by Gasteiger charge is 2.78. The fourth-order valence-corrected chi connectivity index (χ4v) is 10.1. The summed E-state index contributed by atoms with van der Waals surface area (Å²) in [6.45, 7) is 7.94. The van der Waals surface area contributed by atoms with E-state index < -0.39 is 113 Å². The van der Waals surface area contributed by atoms with E-state index in [0.29, 0.717) is 5.56 Å². The van der Waals surface area contributed by atoms with Crippen molar-refractivity contribution in [1.29, 1.82) is 0 Å². The largest absolute Gasteiger partial charge is 0.456 e. The second-order valence-electron chi connectivity index (χ2n) is 17.2. The number of aliphatic hydroxyl groups excluding tert-OH is 2. The first-order valence-corrected chi connectivity index (χ1v) is 20.3. The van der Waals surface area contributed by atoms with Gasteiger partial charge in [0.05, 0.1) is 35.6 Å². The Morgan fingerprint density at radius 1 is 0.887 bits per heavy atom. The minimum absolute atomic E-state index is 0.00850. The molecule has 3 aliphatic carbocycles. The van der Waals surface area contributed by atoms with Crippen LogP contribution in [0.2, 0.25) is 0 Å². The normalized spacial score (nSPS) is 31.9. The van der Waals surface area contributed by atoms with Gasteiger partial charge in [-0.1, -0.05) is 68.4 Å². The molecule has 11 atom stereocenters. The van der Waals surface area contributed by atoms with E-state index in [4.69, 9.17) is 23.7 Å². The summed E-state index contributed by atoms with van der Waals surface area (Å²) < 4.78 is 30.2. The Morgan fingerprint density at radius 2 is 1.53 bits per heavy atom.